The summed E-state index contributed by atoms with van der Waals surface area (Å²) in [5.74, 6) is 0.693. The van der Waals surface area contributed by atoms with E-state index in [1.165, 1.54) is 6.20 Å². The molecule has 0 aromatic carbocycles. The molecule has 1 aliphatic rings. The van der Waals surface area contributed by atoms with E-state index in [1.807, 2.05) is 0 Å². The predicted octanol–water partition coefficient (Wildman–Crippen LogP) is 2.98. The van der Waals surface area contributed by atoms with Crippen molar-refractivity contribution in [3.8, 4) is 0 Å². The number of piperidine rings is 1. The molecular weight excluding hydrogens is 287 g/mol. The number of thiazole rings is 1. The van der Waals surface area contributed by atoms with E-state index in [4.69, 9.17) is 0 Å². The second kappa shape index (κ2) is 6.87. The summed E-state index contributed by atoms with van der Waals surface area (Å²) in [6.07, 6.45) is -0.740. The Morgan fingerprint density at radius 2 is 2.10 bits per heavy atom. The zero-order valence-corrected chi connectivity index (χ0v) is 12.4. The van der Waals surface area contributed by atoms with Crippen molar-refractivity contribution in [1.82, 2.24) is 15.2 Å². The number of alkyl halides is 3. The van der Waals surface area contributed by atoms with Crippen molar-refractivity contribution in [3.05, 3.63) is 16.1 Å². The Kier molecular flexibility index (Phi) is 5.40. The number of rotatable bonds is 5. The van der Waals surface area contributed by atoms with Crippen molar-refractivity contribution in [2.75, 3.05) is 26.2 Å². The number of nitrogens with zero attached hydrogens (tertiary/aromatic N) is 2. The zero-order chi connectivity index (χ0) is 14.6. The molecule has 7 heteroatoms. The van der Waals surface area contributed by atoms with Gasteiger partial charge in [-0.1, -0.05) is 6.92 Å². The Morgan fingerprint density at radius 1 is 1.40 bits per heavy atom. The summed E-state index contributed by atoms with van der Waals surface area (Å²) < 4.78 is 37.4. The van der Waals surface area contributed by atoms with E-state index >= 15 is 0 Å². The topological polar surface area (TPSA) is 28.2 Å². The second-order valence-electron chi connectivity index (χ2n) is 5.16. The van der Waals surface area contributed by atoms with Crippen LogP contribution in [0.3, 0.4) is 0 Å². The third-order valence-corrected chi connectivity index (χ3v) is 4.59. The van der Waals surface area contributed by atoms with Gasteiger partial charge in [-0.2, -0.15) is 13.2 Å². The van der Waals surface area contributed by atoms with Crippen molar-refractivity contribution in [1.29, 1.82) is 0 Å². The molecular formula is C13H20F3N3S. The average molecular weight is 307 g/mol. The molecule has 0 amide bonds. The third kappa shape index (κ3) is 4.43. The van der Waals surface area contributed by atoms with Gasteiger partial charge in [0.25, 0.3) is 0 Å². The van der Waals surface area contributed by atoms with E-state index in [9.17, 15) is 13.2 Å². The van der Waals surface area contributed by atoms with Gasteiger partial charge in [0.05, 0.1) is 0 Å². The summed E-state index contributed by atoms with van der Waals surface area (Å²) in [5.41, 5.74) is 0. The Morgan fingerprint density at radius 3 is 2.65 bits per heavy atom. The molecule has 114 valence electrons. The molecule has 0 unspecified atom stereocenters. The first-order valence-corrected chi connectivity index (χ1v) is 7.75. The van der Waals surface area contributed by atoms with Crippen LogP contribution in [0.4, 0.5) is 13.2 Å². The van der Waals surface area contributed by atoms with Crippen LogP contribution in [-0.2, 0) is 12.7 Å². The fourth-order valence-electron chi connectivity index (χ4n) is 2.43. The van der Waals surface area contributed by atoms with Crippen LogP contribution in [0.1, 0.15) is 29.7 Å². The van der Waals surface area contributed by atoms with Gasteiger partial charge in [-0.15, -0.1) is 11.3 Å². The van der Waals surface area contributed by atoms with Crippen LogP contribution >= 0.6 is 11.3 Å². The number of nitrogens with one attached hydrogen (secondary N) is 1. The fourth-order valence-corrected chi connectivity index (χ4v) is 3.25. The molecule has 2 rings (SSSR count). The van der Waals surface area contributed by atoms with Gasteiger partial charge in [0.15, 0.2) is 5.01 Å². The minimum Gasteiger partial charge on any atom is -0.317 e. The lowest BCUT2D eigenvalue weighted by Crippen LogP contribution is -2.36. The normalized spacial score (nSPS) is 18.6. The van der Waals surface area contributed by atoms with Crippen LogP contribution in [-0.4, -0.2) is 36.1 Å². The van der Waals surface area contributed by atoms with Crippen molar-refractivity contribution in [2.24, 2.45) is 5.92 Å². The Hall–Kier alpha value is -0.660. The van der Waals surface area contributed by atoms with Gasteiger partial charge in [-0.05, 0) is 44.9 Å². The van der Waals surface area contributed by atoms with Crippen molar-refractivity contribution < 1.29 is 13.2 Å². The fraction of sp³-hybridized carbons (Fsp3) is 0.769. The Balaban J connectivity index is 1.79. The van der Waals surface area contributed by atoms with E-state index in [1.54, 1.807) is 0 Å². The highest BCUT2D eigenvalue weighted by molar-refractivity contribution is 7.11. The monoisotopic (exact) mass is 307 g/mol. The number of hydrogen-bond donors (Lipinski definition) is 1. The standard InChI is InChI=1S/C13H20F3N3S/c1-2-17-7-10-3-5-19(6-4-10)9-11-8-18-12(20-11)13(14,15)16/h8,10,17H,2-7,9H2,1H3. The van der Waals surface area contributed by atoms with Crippen LogP contribution < -0.4 is 5.32 Å². The van der Waals surface area contributed by atoms with Crippen LogP contribution in [0.2, 0.25) is 0 Å². The van der Waals surface area contributed by atoms with E-state index in [-0.39, 0.29) is 0 Å². The quantitative estimate of drug-likeness (QED) is 0.906. The molecule has 0 bridgehead atoms. The molecule has 2 heterocycles. The first kappa shape index (κ1) is 15.7. The molecule has 0 spiro atoms. The zero-order valence-electron chi connectivity index (χ0n) is 11.5. The van der Waals surface area contributed by atoms with Crippen molar-refractivity contribution in [3.63, 3.8) is 0 Å². The molecule has 1 aliphatic heterocycles. The minimum absolute atomic E-state index is 0.585. The molecule has 1 aromatic rings. The van der Waals surface area contributed by atoms with E-state index in [2.05, 4.69) is 22.1 Å². The lowest BCUT2D eigenvalue weighted by atomic mass is 9.97. The van der Waals surface area contributed by atoms with Gasteiger partial charge >= 0.3 is 6.18 Å². The molecule has 1 fully saturated rings. The van der Waals surface area contributed by atoms with Crippen LogP contribution in [0.25, 0.3) is 0 Å². The van der Waals surface area contributed by atoms with Gasteiger partial charge < -0.3 is 5.32 Å². The maximum absolute atomic E-state index is 12.5. The maximum Gasteiger partial charge on any atom is 0.443 e. The number of hydrogen-bond acceptors (Lipinski definition) is 4. The highest BCUT2D eigenvalue weighted by Crippen LogP contribution is 2.33. The molecule has 1 aromatic heterocycles. The number of likely N-dealkylation sites (tertiary alicyclic amines) is 1. The van der Waals surface area contributed by atoms with Crippen molar-refractivity contribution >= 4 is 11.3 Å². The highest BCUT2D eigenvalue weighted by atomic mass is 32.1. The summed E-state index contributed by atoms with van der Waals surface area (Å²) >= 11 is 0.758. The van der Waals surface area contributed by atoms with Crippen molar-refractivity contribution in [2.45, 2.75) is 32.5 Å². The summed E-state index contributed by atoms with van der Waals surface area (Å²) in [6.45, 7) is 6.62. The molecule has 1 saturated heterocycles. The van der Waals surface area contributed by atoms with Gasteiger partial charge in [-0.3, -0.25) is 4.90 Å². The number of aromatic nitrogens is 1. The third-order valence-electron chi connectivity index (χ3n) is 3.57. The minimum atomic E-state index is -4.32. The predicted molar refractivity (Wildman–Crippen MR) is 73.7 cm³/mol. The lowest BCUT2D eigenvalue weighted by molar-refractivity contribution is -0.137. The van der Waals surface area contributed by atoms with E-state index in [0.717, 1.165) is 50.4 Å². The largest absolute Gasteiger partial charge is 0.443 e. The smallest absolute Gasteiger partial charge is 0.317 e. The Labute approximate surface area is 121 Å². The van der Waals surface area contributed by atoms with Gasteiger partial charge in [0.2, 0.25) is 0 Å². The van der Waals surface area contributed by atoms with Crippen LogP contribution in [0.5, 0.6) is 0 Å². The molecule has 0 saturated carbocycles. The highest BCUT2D eigenvalue weighted by Gasteiger charge is 2.34. The summed E-state index contributed by atoms with van der Waals surface area (Å²) in [5, 5.41) is 2.61. The average Bonchev–Trinajstić information content (AvgIpc) is 2.86. The van der Waals surface area contributed by atoms with Crippen LogP contribution in [0, 0.1) is 5.92 Å². The first-order chi connectivity index (χ1) is 9.49. The Bertz CT molecular complexity index is 411. The second-order valence-corrected chi connectivity index (χ2v) is 6.27. The number of halogens is 3. The van der Waals surface area contributed by atoms with Gasteiger partial charge in [0.1, 0.15) is 0 Å². The summed E-state index contributed by atoms with van der Waals surface area (Å²) in [6, 6.07) is 0. The molecule has 0 radical (unpaired) electrons. The summed E-state index contributed by atoms with van der Waals surface area (Å²) in [7, 11) is 0. The molecule has 0 aliphatic carbocycles. The maximum atomic E-state index is 12.5. The molecule has 0 atom stereocenters. The lowest BCUT2D eigenvalue weighted by Gasteiger charge is -2.31. The SMILES string of the molecule is CCNCC1CCN(Cc2cnc(C(F)(F)F)s2)CC1. The first-order valence-electron chi connectivity index (χ1n) is 6.94. The van der Waals surface area contributed by atoms with Crippen LogP contribution in [0.15, 0.2) is 6.20 Å². The van der Waals surface area contributed by atoms with Gasteiger partial charge in [0, 0.05) is 17.6 Å². The van der Waals surface area contributed by atoms with E-state index in [0.29, 0.717) is 17.3 Å². The molecule has 1 N–H and O–H groups in total. The van der Waals surface area contributed by atoms with Gasteiger partial charge in [-0.25, -0.2) is 4.98 Å². The van der Waals surface area contributed by atoms with E-state index < -0.39 is 11.2 Å². The molecule has 3 nitrogen and oxygen atoms in total. The molecule has 20 heavy (non-hydrogen) atoms. The summed E-state index contributed by atoms with van der Waals surface area (Å²) in [4.78, 5) is 6.38.